The second-order valence-corrected chi connectivity index (χ2v) is 3.96. The number of phenols is 1. The van der Waals surface area contributed by atoms with E-state index in [1.807, 2.05) is 30.3 Å². The Kier molecular flexibility index (Phi) is 3.79. The lowest BCUT2D eigenvalue weighted by Gasteiger charge is -2.09. The number of nitrogens with one attached hydrogen (secondary N) is 1. The molecule has 4 nitrogen and oxygen atoms in total. The summed E-state index contributed by atoms with van der Waals surface area (Å²) in [6.07, 6.45) is 0. The summed E-state index contributed by atoms with van der Waals surface area (Å²) in [6.45, 7) is 0.543. The van der Waals surface area contributed by atoms with Gasteiger partial charge in [-0.2, -0.15) is 0 Å². The van der Waals surface area contributed by atoms with Gasteiger partial charge in [0.25, 0.3) is 0 Å². The Balaban J connectivity index is 2.21. The molecule has 0 aliphatic heterocycles. The van der Waals surface area contributed by atoms with E-state index < -0.39 is 0 Å². The Morgan fingerprint density at radius 2 is 2.06 bits per heavy atom. The first-order chi connectivity index (χ1) is 8.72. The predicted molar refractivity (Wildman–Crippen MR) is 69.3 cm³/mol. The highest BCUT2D eigenvalue weighted by Crippen LogP contribution is 2.26. The molecule has 2 aromatic rings. The molecule has 0 spiro atoms. The lowest BCUT2D eigenvalue weighted by molar-refractivity contribution is -0.139. The Morgan fingerprint density at radius 3 is 2.83 bits per heavy atom. The molecule has 0 amide bonds. The number of aromatic hydroxyl groups is 1. The smallest absolute Gasteiger partial charge is 0.319 e. The lowest BCUT2D eigenvalue weighted by Crippen LogP contribution is -2.23. The number of benzene rings is 2. The van der Waals surface area contributed by atoms with Crippen molar-refractivity contribution in [3.05, 3.63) is 42.0 Å². The van der Waals surface area contributed by atoms with E-state index in [1.54, 1.807) is 6.07 Å². The Labute approximate surface area is 105 Å². The van der Waals surface area contributed by atoms with Crippen molar-refractivity contribution in [2.24, 2.45) is 0 Å². The Hall–Kier alpha value is -2.07. The SMILES string of the molecule is COC(=O)CNCc1c(O)ccc2ccccc12. The van der Waals surface area contributed by atoms with E-state index in [2.05, 4.69) is 10.1 Å². The first kappa shape index (κ1) is 12.4. The van der Waals surface area contributed by atoms with E-state index in [1.165, 1.54) is 7.11 Å². The summed E-state index contributed by atoms with van der Waals surface area (Å²) in [5.74, 6) is -0.0965. The van der Waals surface area contributed by atoms with Gasteiger partial charge in [-0.1, -0.05) is 30.3 Å². The number of hydrogen-bond donors (Lipinski definition) is 2. The number of esters is 1. The van der Waals surface area contributed by atoms with Crippen molar-refractivity contribution < 1.29 is 14.6 Å². The third-order valence-corrected chi connectivity index (χ3v) is 2.81. The van der Waals surface area contributed by atoms with Crippen LogP contribution in [0.5, 0.6) is 5.75 Å². The first-order valence-electron chi connectivity index (χ1n) is 5.69. The molecule has 0 aromatic heterocycles. The van der Waals surface area contributed by atoms with Gasteiger partial charge in [-0.3, -0.25) is 4.79 Å². The molecule has 2 rings (SSSR count). The van der Waals surface area contributed by atoms with E-state index in [4.69, 9.17) is 0 Å². The van der Waals surface area contributed by atoms with Crippen molar-refractivity contribution in [1.82, 2.24) is 5.32 Å². The van der Waals surface area contributed by atoms with E-state index in [0.717, 1.165) is 16.3 Å². The minimum absolute atomic E-state index is 0.124. The summed E-state index contributed by atoms with van der Waals surface area (Å²) in [6, 6.07) is 11.3. The van der Waals surface area contributed by atoms with Gasteiger partial charge in [0.15, 0.2) is 0 Å². The first-order valence-corrected chi connectivity index (χ1v) is 5.69. The van der Waals surface area contributed by atoms with Crippen molar-refractivity contribution in [2.75, 3.05) is 13.7 Å². The average molecular weight is 245 g/mol. The second kappa shape index (κ2) is 5.51. The normalized spacial score (nSPS) is 10.5. The van der Waals surface area contributed by atoms with Crippen LogP contribution in [0.2, 0.25) is 0 Å². The molecule has 0 unspecified atom stereocenters. The zero-order chi connectivity index (χ0) is 13.0. The monoisotopic (exact) mass is 245 g/mol. The van der Waals surface area contributed by atoms with Crippen LogP contribution in [0.1, 0.15) is 5.56 Å². The van der Waals surface area contributed by atoms with E-state index >= 15 is 0 Å². The van der Waals surface area contributed by atoms with Gasteiger partial charge in [0, 0.05) is 12.1 Å². The number of hydrogen-bond acceptors (Lipinski definition) is 4. The van der Waals surface area contributed by atoms with E-state index in [9.17, 15) is 9.90 Å². The topological polar surface area (TPSA) is 58.6 Å². The molecule has 18 heavy (non-hydrogen) atoms. The molecule has 0 atom stereocenters. The second-order valence-electron chi connectivity index (χ2n) is 3.96. The van der Waals surface area contributed by atoms with Crippen molar-refractivity contribution in [1.29, 1.82) is 0 Å². The van der Waals surface area contributed by atoms with Crippen molar-refractivity contribution >= 4 is 16.7 Å². The van der Waals surface area contributed by atoms with Gasteiger partial charge in [-0.05, 0) is 16.8 Å². The largest absolute Gasteiger partial charge is 0.508 e. The zero-order valence-corrected chi connectivity index (χ0v) is 10.1. The van der Waals surface area contributed by atoms with Crippen molar-refractivity contribution in [3.63, 3.8) is 0 Å². The van der Waals surface area contributed by atoms with Crippen molar-refractivity contribution in [2.45, 2.75) is 6.54 Å². The molecule has 0 bridgehead atoms. The van der Waals surface area contributed by atoms with Crippen molar-refractivity contribution in [3.8, 4) is 5.75 Å². The fourth-order valence-electron chi connectivity index (χ4n) is 1.87. The number of carbonyl (C=O) groups excluding carboxylic acids is 1. The van der Waals surface area contributed by atoms with Crippen LogP contribution in [0.15, 0.2) is 36.4 Å². The van der Waals surface area contributed by atoms with Gasteiger partial charge in [0.1, 0.15) is 5.75 Å². The molecule has 0 aliphatic carbocycles. The van der Waals surface area contributed by atoms with Crippen LogP contribution < -0.4 is 5.32 Å². The standard InChI is InChI=1S/C14H15NO3/c1-18-14(17)9-15-8-12-11-5-3-2-4-10(11)6-7-13(12)16/h2-7,15-16H,8-9H2,1H3. The average Bonchev–Trinajstić information content (AvgIpc) is 2.41. The van der Waals surface area contributed by atoms with Gasteiger partial charge in [-0.15, -0.1) is 0 Å². The number of methoxy groups -OCH3 is 1. The maximum atomic E-state index is 11.0. The maximum Gasteiger partial charge on any atom is 0.319 e. The van der Waals surface area contributed by atoms with Crippen LogP contribution in [0.4, 0.5) is 0 Å². The minimum atomic E-state index is -0.324. The van der Waals surface area contributed by atoms with Crippen LogP contribution in [0, 0.1) is 0 Å². The molecule has 0 fully saturated rings. The highest BCUT2D eigenvalue weighted by molar-refractivity contribution is 5.87. The number of ether oxygens (including phenoxy) is 1. The molecular weight excluding hydrogens is 230 g/mol. The number of rotatable bonds is 4. The summed E-state index contributed by atoms with van der Waals surface area (Å²) < 4.78 is 4.54. The molecule has 0 saturated carbocycles. The van der Waals surface area contributed by atoms with Crippen LogP contribution >= 0.6 is 0 Å². The number of fused-ring (bicyclic) bond motifs is 1. The summed E-state index contributed by atoms with van der Waals surface area (Å²) in [7, 11) is 1.35. The van der Waals surface area contributed by atoms with Gasteiger partial charge in [0.05, 0.1) is 13.7 Å². The highest BCUT2D eigenvalue weighted by Gasteiger charge is 2.07. The van der Waals surface area contributed by atoms with Gasteiger partial charge in [-0.25, -0.2) is 0 Å². The van der Waals surface area contributed by atoms with Crippen LogP contribution in [0.3, 0.4) is 0 Å². The van der Waals surface area contributed by atoms with Crippen LogP contribution in [-0.4, -0.2) is 24.7 Å². The lowest BCUT2D eigenvalue weighted by atomic mass is 10.0. The third-order valence-electron chi connectivity index (χ3n) is 2.81. The fraction of sp³-hybridized carbons (Fsp3) is 0.214. The third kappa shape index (κ3) is 2.60. The molecule has 94 valence electrons. The zero-order valence-electron chi connectivity index (χ0n) is 10.1. The highest BCUT2D eigenvalue weighted by atomic mass is 16.5. The quantitative estimate of drug-likeness (QED) is 0.806. The predicted octanol–water partition coefficient (Wildman–Crippen LogP) is 1.81. The summed E-state index contributed by atoms with van der Waals surface area (Å²) in [5, 5.41) is 14.9. The molecular formula is C14H15NO3. The molecule has 4 heteroatoms. The molecule has 2 aromatic carbocycles. The fourth-order valence-corrected chi connectivity index (χ4v) is 1.87. The molecule has 0 radical (unpaired) electrons. The summed E-state index contributed by atoms with van der Waals surface area (Å²) in [4.78, 5) is 11.0. The van der Waals surface area contributed by atoms with Crippen LogP contribution in [0.25, 0.3) is 10.8 Å². The number of carbonyl (C=O) groups is 1. The molecule has 0 aliphatic rings. The molecule has 0 heterocycles. The van der Waals surface area contributed by atoms with Crippen LogP contribution in [-0.2, 0) is 16.1 Å². The minimum Gasteiger partial charge on any atom is -0.508 e. The Morgan fingerprint density at radius 1 is 1.28 bits per heavy atom. The Bertz CT molecular complexity index is 566. The molecule has 0 saturated heterocycles. The summed E-state index contributed by atoms with van der Waals surface area (Å²) in [5.41, 5.74) is 0.789. The molecule has 2 N–H and O–H groups in total. The summed E-state index contributed by atoms with van der Waals surface area (Å²) >= 11 is 0. The van der Waals surface area contributed by atoms with Gasteiger partial charge < -0.3 is 15.2 Å². The number of phenolic OH excluding ortho intramolecular Hbond substituents is 1. The van der Waals surface area contributed by atoms with E-state index in [0.29, 0.717) is 6.54 Å². The van der Waals surface area contributed by atoms with Gasteiger partial charge in [0.2, 0.25) is 0 Å². The van der Waals surface area contributed by atoms with Gasteiger partial charge >= 0.3 is 5.97 Å². The maximum absolute atomic E-state index is 11.0. The van der Waals surface area contributed by atoms with E-state index in [-0.39, 0.29) is 18.3 Å².